The monoisotopic (exact) mass is 207 g/mol. The number of benzene rings is 1. The van der Waals surface area contributed by atoms with Crippen molar-refractivity contribution in [1.82, 2.24) is 0 Å². The van der Waals surface area contributed by atoms with E-state index in [1.807, 2.05) is 18.2 Å². The Kier molecular flexibility index (Phi) is 4.84. The van der Waals surface area contributed by atoms with E-state index in [-0.39, 0.29) is 5.97 Å². The number of carbonyl (C=O) groups is 1. The van der Waals surface area contributed by atoms with E-state index in [2.05, 4.69) is 0 Å². The van der Waals surface area contributed by atoms with Crippen molar-refractivity contribution in [3.05, 3.63) is 35.4 Å². The van der Waals surface area contributed by atoms with Gasteiger partial charge in [-0.3, -0.25) is 0 Å². The van der Waals surface area contributed by atoms with Crippen molar-refractivity contribution in [3.8, 4) is 0 Å². The lowest BCUT2D eigenvalue weighted by molar-refractivity contribution is 0.0599. The molecule has 0 aliphatic rings. The van der Waals surface area contributed by atoms with Gasteiger partial charge in [0.25, 0.3) is 0 Å². The van der Waals surface area contributed by atoms with E-state index in [1.165, 1.54) is 7.11 Å². The van der Waals surface area contributed by atoms with Crippen LogP contribution >= 0.6 is 0 Å². The van der Waals surface area contributed by atoms with Crippen LogP contribution in [0.15, 0.2) is 24.3 Å². The quantitative estimate of drug-likeness (QED) is 0.591. The molecule has 0 spiro atoms. The Bertz CT molecular complexity index is 323. The molecule has 0 unspecified atom stereocenters. The molecule has 1 aromatic carbocycles. The highest BCUT2D eigenvalue weighted by Gasteiger charge is 2.09. The fourth-order valence-corrected chi connectivity index (χ4v) is 1.51. The molecule has 15 heavy (non-hydrogen) atoms. The normalized spacial score (nSPS) is 10.0. The number of carbonyl (C=O) groups excluding carboxylic acids is 1. The van der Waals surface area contributed by atoms with Gasteiger partial charge in [-0.25, -0.2) is 4.79 Å². The highest BCUT2D eigenvalue weighted by atomic mass is 16.5. The molecule has 0 atom stereocenters. The summed E-state index contributed by atoms with van der Waals surface area (Å²) in [5, 5.41) is 0. The van der Waals surface area contributed by atoms with Crippen molar-refractivity contribution in [3.63, 3.8) is 0 Å². The Balaban J connectivity index is 2.73. The van der Waals surface area contributed by atoms with Crippen LogP contribution in [0.5, 0.6) is 0 Å². The van der Waals surface area contributed by atoms with Crippen molar-refractivity contribution < 1.29 is 9.53 Å². The summed E-state index contributed by atoms with van der Waals surface area (Å²) in [5.41, 5.74) is 7.13. The molecule has 0 aromatic heterocycles. The third-order valence-electron chi connectivity index (χ3n) is 2.32. The molecular formula is C12H17NO2. The van der Waals surface area contributed by atoms with Gasteiger partial charge in [0.15, 0.2) is 0 Å². The van der Waals surface area contributed by atoms with Crippen LogP contribution in [-0.4, -0.2) is 19.6 Å². The first kappa shape index (κ1) is 11.7. The van der Waals surface area contributed by atoms with E-state index < -0.39 is 0 Å². The molecule has 1 aromatic rings. The molecule has 2 N–H and O–H groups in total. The van der Waals surface area contributed by atoms with E-state index in [9.17, 15) is 4.79 Å². The lowest BCUT2D eigenvalue weighted by Crippen LogP contribution is -2.06. The molecule has 0 fully saturated rings. The second-order valence-electron chi connectivity index (χ2n) is 3.39. The number of esters is 1. The highest BCUT2D eigenvalue weighted by molar-refractivity contribution is 5.90. The van der Waals surface area contributed by atoms with Gasteiger partial charge in [0.05, 0.1) is 12.7 Å². The number of rotatable bonds is 5. The minimum Gasteiger partial charge on any atom is -0.465 e. The summed E-state index contributed by atoms with van der Waals surface area (Å²) in [4.78, 5) is 11.4. The first-order chi connectivity index (χ1) is 7.29. The topological polar surface area (TPSA) is 52.3 Å². The molecule has 3 nitrogen and oxygen atoms in total. The maximum atomic E-state index is 11.4. The molecule has 0 radical (unpaired) electrons. The number of aryl methyl sites for hydroxylation is 1. The van der Waals surface area contributed by atoms with E-state index in [1.54, 1.807) is 6.07 Å². The predicted octanol–water partition coefficient (Wildman–Crippen LogP) is 1.75. The number of ether oxygens (including phenoxy) is 1. The zero-order valence-corrected chi connectivity index (χ0v) is 9.03. The largest absolute Gasteiger partial charge is 0.465 e. The summed E-state index contributed by atoms with van der Waals surface area (Å²) in [6, 6.07) is 7.54. The average Bonchev–Trinajstić information content (AvgIpc) is 2.29. The van der Waals surface area contributed by atoms with E-state index in [0.717, 1.165) is 24.8 Å². The molecule has 3 heteroatoms. The predicted molar refractivity (Wildman–Crippen MR) is 59.8 cm³/mol. The van der Waals surface area contributed by atoms with Crippen LogP contribution in [0, 0.1) is 0 Å². The van der Waals surface area contributed by atoms with Crippen molar-refractivity contribution in [2.75, 3.05) is 13.7 Å². The summed E-state index contributed by atoms with van der Waals surface area (Å²) >= 11 is 0. The molecule has 0 saturated carbocycles. The van der Waals surface area contributed by atoms with Crippen LogP contribution < -0.4 is 5.73 Å². The van der Waals surface area contributed by atoms with Crippen LogP contribution in [0.2, 0.25) is 0 Å². The van der Waals surface area contributed by atoms with Crippen molar-refractivity contribution in [2.45, 2.75) is 19.3 Å². The molecule has 0 amide bonds. The molecule has 0 heterocycles. The first-order valence-electron chi connectivity index (χ1n) is 5.16. The van der Waals surface area contributed by atoms with Crippen LogP contribution in [0.1, 0.15) is 28.8 Å². The Morgan fingerprint density at radius 1 is 1.33 bits per heavy atom. The minimum absolute atomic E-state index is 0.265. The van der Waals surface area contributed by atoms with Gasteiger partial charge in [-0.1, -0.05) is 18.2 Å². The van der Waals surface area contributed by atoms with E-state index in [4.69, 9.17) is 10.5 Å². The number of unbranched alkanes of at least 4 members (excludes halogenated alkanes) is 1. The zero-order chi connectivity index (χ0) is 11.1. The molecular weight excluding hydrogens is 190 g/mol. The van der Waals surface area contributed by atoms with E-state index in [0.29, 0.717) is 12.1 Å². The van der Waals surface area contributed by atoms with Crippen LogP contribution in [0.4, 0.5) is 0 Å². The van der Waals surface area contributed by atoms with Crippen LogP contribution in [-0.2, 0) is 11.2 Å². The van der Waals surface area contributed by atoms with Crippen molar-refractivity contribution >= 4 is 5.97 Å². The first-order valence-corrected chi connectivity index (χ1v) is 5.16. The third-order valence-corrected chi connectivity index (χ3v) is 2.32. The number of hydrogen-bond acceptors (Lipinski definition) is 3. The second-order valence-corrected chi connectivity index (χ2v) is 3.39. The third kappa shape index (κ3) is 3.36. The molecule has 82 valence electrons. The molecule has 0 aliphatic heterocycles. The van der Waals surface area contributed by atoms with Gasteiger partial charge >= 0.3 is 5.97 Å². The lowest BCUT2D eigenvalue weighted by Gasteiger charge is -2.06. The van der Waals surface area contributed by atoms with Gasteiger partial charge in [0.1, 0.15) is 0 Å². The maximum Gasteiger partial charge on any atom is 0.338 e. The standard InChI is InChI=1S/C12H17NO2/c1-15-12(14)11-8-3-2-6-10(11)7-4-5-9-13/h2-3,6,8H,4-5,7,9,13H2,1H3. The summed E-state index contributed by atoms with van der Waals surface area (Å²) in [7, 11) is 1.40. The van der Waals surface area contributed by atoms with Crippen molar-refractivity contribution in [2.24, 2.45) is 5.73 Å². The summed E-state index contributed by atoms with van der Waals surface area (Å²) in [5.74, 6) is -0.265. The van der Waals surface area contributed by atoms with Gasteiger partial charge < -0.3 is 10.5 Å². The van der Waals surface area contributed by atoms with Gasteiger partial charge in [-0.2, -0.15) is 0 Å². The Morgan fingerprint density at radius 3 is 2.73 bits per heavy atom. The second kappa shape index (κ2) is 6.19. The van der Waals surface area contributed by atoms with E-state index >= 15 is 0 Å². The number of hydrogen-bond donors (Lipinski definition) is 1. The van der Waals surface area contributed by atoms with Gasteiger partial charge in [-0.05, 0) is 37.4 Å². The smallest absolute Gasteiger partial charge is 0.338 e. The van der Waals surface area contributed by atoms with Gasteiger partial charge in [0.2, 0.25) is 0 Å². The zero-order valence-electron chi connectivity index (χ0n) is 9.03. The van der Waals surface area contributed by atoms with Crippen LogP contribution in [0.25, 0.3) is 0 Å². The molecule has 0 aliphatic carbocycles. The Hall–Kier alpha value is -1.35. The Labute approximate surface area is 90.2 Å². The fourth-order valence-electron chi connectivity index (χ4n) is 1.51. The number of nitrogens with two attached hydrogens (primary N) is 1. The average molecular weight is 207 g/mol. The maximum absolute atomic E-state index is 11.4. The molecule has 1 rings (SSSR count). The highest BCUT2D eigenvalue weighted by Crippen LogP contribution is 2.12. The summed E-state index contributed by atoms with van der Waals surface area (Å²) in [6.45, 7) is 0.695. The number of methoxy groups -OCH3 is 1. The van der Waals surface area contributed by atoms with Gasteiger partial charge in [0, 0.05) is 0 Å². The van der Waals surface area contributed by atoms with Gasteiger partial charge in [-0.15, -0.1) is 0 Å². The summed E-state index contributed by atoms with van der Waals surface area (Å²) in [6.07, 6.45) is 2.86. The fraction of sp³-hybridized carbons (Fsp3) is 0.417. The minimum atomic E-state index is -0.265. The van der Waals surface area contributed by atoms with Crippen molar-refractivity contribution in [1.29, 1.82) is 0 Å². The van der Waals surface area contributed by atoms with Crippen LogP contribution in [0.3, 0.4) is 0 Å². The SMILES string of the molecule is COC(=O)c1ccccc1CCCCN. The Morgan fingerprint density at radius 2 is 2.07 bits per heavy atom. The molecule has 0 saturated heterocycles. The summed E-state index contributed by atoms with van der Waals surface area (Å²) < 4.78 is 4.72. The lowest BCUT2D eigenvalue weighted by atomic mass is 10.0. The molecule has 0 bridgehead atoms.